The summed E-state index contributed by atoms with van der Waals surface area (Å²) in [6.07, 6.45) is -3.76. The number of ether oxygens (including phenoxy) is 1. The highest BCUT2D eigenvalue weighted by molar-refractivity contribution is 6.16. The van der Waals surface area contributed by atoms with Crippen LogP contribution in [0.15, 0.2) is 18.2 Å². The molecule has 0 bridgehead atoms. The van der Waals surface area contributed by atoms with E-state index < -0.39 is 18.9 Å². The number of nitrogens with zero attached hydrogens (tertiary/aromatic N) is 2. The monoisotopic (exact) mass is 310 g/mol. The number of benzene rings is 1. The van der Waals surface area contributed by atoms with Gasteiger partial charge in [0.15, 0.2) is 0 Å². The molecule has 0 unspecified atom stereocenters. The van der Waals surface area contributed by atoms with Gasteiger partial charge in [-0.3, -0.25) is 0 Å². The summed E-state index contributed by atoms with van der Waals surface area (Å²) in [6.45, 7) is -1.18. The van der Waals surface area contributed by atoms with Crippen molar-refractivity contribution < 1.29 is 22.3 Å². The normalized spacial score (nSPS) is 12.3. The number of methoxy groups -OCH3 is 1. The van der Waals surface area contributed by atoms with E-state index in [1.54, 1.807) is 12.1 Å². The molecule has 0 aliphatic heterocycles. The highest BCUT2D eigenvalue weighted by Crippen LogP contribution is 2.31. The maximum Gasteiger partial charge on any atom is 0.324 e. The zero-order valence-corrected chi connectivity index (χ0v) is 11.2. The van der Waals surface area contributed by atoms with Gasteiger partial charge in [0.05, 0.1) is 25.1 Å². The van der Waals surface area contributed by atoms with Crippen molar-refractivity contribution in [1.29, 1.82) is 0 Å². The van der Waals surface area contributed by atoms with E-state index in [0.717, 1.165) is 4.57 Å². The van der Waals surface area contributed by atoms with Crippen molar-refractivity contribution in [2.75, 3.05) is 7.11 Å². The lowest BCUT2D eigenvalue weighted by Crippen LogP contribution is -2.32. The number of hydrogen-bond donors (Lipinski definition) is 0. The predicted molar refractivity (Wildman–Crippen MR) is 66.8 cm³/mol. The Hall–Kier alpha value is -1.50. The van der Waals surface area contributed by atoms with Gasteiger partial charge in [-0.05, 0) is 12.1 Å². The van der Waals surface area contributed by atoms with E-state index in [9.17, 15) is 17.6 Å². The van der Waals surface area contributed by atoms with Crippen LogP contribution >= 0.6 is 11.6 Å². The average Bonchev–Trinajstić information content (AvgIpc) is 2.76. The smallest absolute Gasteiger partial charge is 0.324 e. The molecule has 0 saturated heterocycles. The molecule has 1 aromatic carbocycles. The Morgan fingerprint density at radius 2 is 2.10 bits per heavy atom. The number of rotatable bonds is 5. The Kier molecular flexibility index (Phi) is 4.08. The lowest BCUT2D eigenvalue weighted by molar-refractivity contribution is -0.137. The molecule has 0 aliphatic carbocycles. The fourth-order valence-electron chi connectivity index (χ4n) is 1.89. The Morgan fingerprint density at radius 1 is 1.40 bits per heavy atom. The fourth-order valence-corrected chi connectivity index (χ4v) is 2.10. The second kappa shape index (κ2) is 5.47. The van der Waals surface area contributed by atoms with Crippen LogP contribution in [0.25, 0.3) is 11.0 Å². The molecule has 1 heterocycles. The topological polar surface area (TPSA) is 27.1 Å². The van der Waals surface area contributed by atoms with E-state index in [2.05, 4.69) is 4.98 Å². The van der Waals surface area contributed by atoms with Gasteiger partial charge in [-0.1, -0.05) is 6.07 Å². The number of aromatic nitrogens is 2. The maximum atomic E-state index is 13.3. The average molecular weight is 311 g/mol. The summed E-state index contributed by atoms with van der Waals surface area (Å²) in [7, 11) is 1.40. The molecular weight excluding hydrogens is 300 g/mol. The van der Waals surface area contributed by atoms with Crippen LogP contribution in [0.3, 0.4) is 0 Å². The number of fused-ring (bicyclic) bond motifs is 1. The van der Waals surface area contributed by atoms with Crippen molar-refractivity contribution in [2.24, 2.45) is 0 Å². The van der Waals surface area contributed by atoms with Crippen molar-refractivity contribution >= 4 is 22.6 Å². The summed E-state index contributed by atoms with van der Waals surface area (Å²) in [6, 6.07) is 4.67. The largest absolute Gasteiger partial charge is 0.494 e. The van der Waals surface area contributed by atoms with Crippen molar-refractivity contribution in [3.05, 3.63) is 24.0 Å². The first-order valence-electron chi connectivity index (χ1n) is 5.64. The first-order chi connectivity index (χ1) is 9.40. The first-order valence-corrected chi connectivity index (χ1v) is 6.18. The lowest BCUT2D eigenvalue weighted by atomic mass is 10.2. The third kappa shape index (κ3) is 2.54. The van der Waals surface area contributed by atoms with Crippen LogP contribution in [0.2, 0.25) is 0 Å². The van der Waals surface area contributed by atoms with Gasteiger partial charge in [0.1, 0.15) is 17.1 Å². The van der Waals surface area contributed by atoms with Gasteiger partial charge in [0.25, 0.3) is 0 Å². The van der Waals surface area contributed by atoms with Gasteiger partial charge in [-0.2, -0.15) is 8.78 Å². The van der Waals surface area contributed by atoms with E-state index in [0.29, 0.717) is 11.3 Å². The first kappa shape index (κ1) is 14.9. The highest BCUT2D eigenvalue weighted by Gasteiger charge is 2.42. The summed E-state index contributed by atoms with van der Waals surface area (Å²) < 4.78 is 57.3. The number of halogens is 5. The lowest BCUT2D eigenvalue weighted by Gasteiger charge is -2.17. The summed E-state index contributed by atoms with van der Waals surface area (Å²) in [5, 5.41) is 0. The second-order valence-electron chi connectivity index (χ2n) is 4.14. The number of alkyl halides is 5. The van der Waals surface area contributed by atoms with Crippen LogP contribution in [0.1, 0.15) is 5.82 Å². The van der Waals surface area contributed by atoms with E-state index in [1.807, 2.05) is 0 Å². The second-order valence-corrected chi connectivity index (χ2v) is 4.40. The molecule has 0 N–H and O–H groups in total. The third-order valence-corrected chi connectivity index (χ3v) is 3.09. The minimum atomic E-state index is -4.16. The molecule has 3 nitrogen and oxygen atoms in total. The fraction of sp³-hybridized carbons (Fsp3) is 0.417. The van der Waals surface area contributed by atoms with Gasteiger partial charge in [0, 0.05) is 0 Å². The van der Waals surface area contributed by atoms with E-state index in [4.69, 9.17) is 16.3 Å². The van der Waals surface area contributed by atoms with Crippen LogP contribution in [0, 0.1) is 0 Å². The summed E-state index contributed by atoms with van der Waals surface area (Å²) in [4.78, 5) is 4.07. The minimum Gasteiger partial charge on any atom is -0.494 e. The van der Waals surface area contributed by atoms with Crippen LogP contribution in [0.5, 0.6) is 5.75 Å². The molecule has 1 aromatic heterocycles. The molecule has 0 aliphatic rings. The van der Waals surface area contributed by atoms with Crippen molar-refractivity contribution in [3.8, 4) is 5.75 Å². The van der Waals surface area contributed by atoms with Crippen molar-refractivity contribution in [3.63, 3.8) is 0 Å². The van der Waals surface area contributed by atoms with E-state index in [-0.39, 0.29) is 17.2 Å². The summed E-state index contributed by atoms with van der Waals surface area (Å²) in [5.41, 5.74) is 0.594. The van der Waals surface area contributed by atoms with Crippen molar-refractivity contribution in [1.82, 2.24) is 9.55 Å². The molecule has 0 radical (unpaired) electrons. The molecule has 0 saturated carbocycles. The van der Waals surface area contributed by atoms with Crippen LogP contribution < -0.4 is 4.74 Å². The molecule has 0 atom stereocenters. The SMILES string of the molecule is COc1cccc2c1nc(CCl)n2CC(F)(F)C(F)F. The molecule has 2 rings (SSSR count). The molecular formula is C12H11ClF4N2O. The number of imidazole rings is 1. The Morgan fingerprint density at radius 3 is 2.65 bits per heavy atom. The predicted octanol–water partition coefficient (Wildman–Crippen LogP) is 3.68. The Labute approximate surface area is 117 Å². The summed E-state index contributed by atoms with van der Waals surface area (Å²) in [5.74, 6) is -3.87. The molecule has 0 spiro atoms. The van der Waals surface area contributed by atoms with E-state index in [1.165, 1.54) is 13.2 Å². The van der Waals surface area contributed by atoms with Gasteiger partial charge < -0.3 is 9.30 Å². The maximum absolute atomic E-state index is 13.3. The van der Waals surface area contributed by atoms with Crippen LogP contribution in [0.4, 0.5) is 17.6 Å². The van der Waals surface area contributed by atoms with Crippen LogP contribution in [-0.4, -0.2) is 29.0 Å². The minimum absolute atomic E-state index is 0.0893. The van der Waals surface area contributed by atoms with Gasteiger partial charge in [-0.15, -0.1) is 11.6 Å². The molecule has 110 valence electrons. The quantitative estimate of drug-likeness (QED) is 0.622. The number of para-hydroxylation sites is 1. The molecule has 8 heteroatoms. The van der Waals surface area contributed by atoms with Gasteiger partial charge >= 0.3 is 12.3 Å². The highest BCUT2D eigenvalue weighted by atomic mass is 35.5. The molecule has 2 aromatic rings. The Bertz CT molecular complexity index is 615. The zero-order chi connectivity index (χ0) is 14.9. The van der Waals surface area contributed by atoms with Crippen LogP contribution in [-0.2, 0) is 12.4 Å². The van der Waals surface area contributed by atoms with Crippen molar-refractivity contribution in [2.45, 2.75) is 24.8 Å². The van der Waals surface area contributed by atoms with Gasteiger partial charge in [0.2, 0.25) is 0 Å². The molecule has 0 fully saturated rings. The standard InChI is InChI=1S/C12H11ClF4N2O/c1-20-8-4-2-3-7-10(8)18-9(5-13)19(7)6-12(16,17)11(14)15/h2-4,11H,5-6H2,1H3. The van der Waals surface area contributed by atoms with Gasteiger partial charge in [-0.25, -0.2) is 13.8 Å². The Balaban J connectivity index is 2.57. The molecule has 0 amide bonds. The third-order valence-electron chi connectivity index (χ3n) is 2.85. The zero-order valence-electron chi connectivity index (χ0n) is 10.4. The molecule has 20 heavy (non-hydrogen) atoms. The van der Waals surface area contributed by atoms with E-state index >= 15 is 0 Å². The number of hydrogen-bond acceptors (Lipinski definition) is 2. The summed E-state index contributed by atoms with van der Waals surface area (Å²) >= 11 is 5.65.